The highest BCUT2D eigenvalue weighted by Gasteiger charge is 2.34. The molecular formula is C13H14F3N3O. The maximum absolute atomic E-state index is 12.7. The van der Waals surface area contributed by atoms with Crippen molar-refractivity contribution in [3.8, 4) is 17.1 Å². The highest BCUT2D eigenvalue weighted by molar-refractivity contribution is 5.69. The average molecular weight is 285 g/mol. The van der Waals surface area contributed by atoms with Gasteiger partial charge in [0.15, 0.2) is 5.69 Å². The molecule has 108 valence electrons. The summed E-state index contributed by atoms with van der Waals surface area (Å²) in [5, 5.41) is 2.94. The van der Waals surface area contributed by atoms with Crippen molar-refractivity contribution in [2.75, 3.05) is 19.5 Å². The number of ether oxygens (including phenoxy) is 1. The largest absolute Gasteiger partial charge is 0.496 e. The van der Waals surface area contributed by atoms with Gasteiger partial charge in [-0.3, -0.25) is 0 Å². The first-order valence-corrected chi connectivity index (χ1v) is 5.83. The zero-order chi connectivity index (χ0) is 14.9. The summed E-state index contributed by atoms with van der Waals surface area (Å²) in [6.45, 7) is 0. The number of aryl methyl sites for hydroxylation is 1. The smallest absolute Gasteiger partial charge is 0.434 e. The minimum absolute atomic E-state index is 0.205. The van der Waals surface area contributed by atoms with Crippen LogP contribution in [0.5, 0.6) is 5.75 Å². The Morgan fingerprint density at radius 1 is 1.30 bits per heavy atom. The van der Waals surface area contributed by atoms with Gasteiger partial charge in [0, 0.05) is 32.0 Å². The zero-order valence-electron chi connectivity index (χ0n) is 11.2. The van der Waals surface area contributed by atoms with E-state index in [-0.39, 0.29) is 5.82 Å². The number of imidazole rings is 1. The van der Waals surface area contributed by atoms with Crippen molar-refractivity contribution in [2.24, 2.45) is 7.05 Å². The zero-order valence-corrected chi connectivity index (χ0v) is 11.2. The second-order valence-electron chi connectivity index (χ2n) is 4.22. The fraction of sp³-hybridized carbons (Fsp3) is 0.308. The van der Waals surface area contributed by atoms with E-state index in [9.17, 15) is 13.2 Å². The molecule has 0 saturated carbocycles. The van der Waals surface area contributed by atoms with Crippen molar-refractivity contribution < 1.29 is 17.9 Å². The lowest BCUT2D eigenvalue weighted by atomic mass is 10.1. The van der Waals surface area contributed by atoms with Gasteiger partial charge in [-0.1, -0.05) is 0 Å². The van der Waals surface area contributed by atoms with Crippen molar-refractivity contribution in [3.05, 3.63) is 30.1 Å². The summed E-state index contributed by atoms with van der Waals surface area (Å²) in [6.07, 6.45) is -3.51. The predicted octanol–water partition coefficient (Wildman–Crippen LogP) is 3.16. The number of hydrogen-bond donors (Lipinski definition) is 1. The van der Waals surface area contributed by atoms with E-state index in [0.717, 1.165) is 11.9 Å². The number of nitrogens with zero attached hydrogens (tertiary/aromatic N) is 2. The molecular weight excluding hydrogens is 271 g/mol. The molecule has 2 rings (SSSR count). The molecule has 0 aliphatic carbocycles. The van der Waals surface area contributed by atoms with Gasteiger partial charge in [0.2, 0.25) is 0 Å². The van der Waals surface area contributed by atoms with E-state index in [1.807, 2.05) is 0 Å². The topological polar surface area (TPSA) is 39.1 Å². The van der Waals surface area contributed by atoms with E-state index < -0.39 is 11.9 Å². The standard InChI is InChI=1S/C13H14F3N3O/c1-17-8-4-5-9(10(6-8)20-3)12-18-11(7-19(12)2)13(14,15)16/h4-7,17H,1-3H3. The van der Waals surface area contributed by atoms with Crippen LogP contribution in [0.2, 0.25) is 0 Å². The Morgan fingerprint density at radius 3 is 2.50 bits per heavy atom. The van der Waals surface area contributed by atoms with Crippen molar-refractivity contribution >= 4 is 5.69 Å². The number of hydrogen-bond acceptors (Lipinski definition) is 3. The molecule has 1 heterocycles. The van der Waals surface area contributed by atoms with Crippen LogP contribution in [0.25, 0.3) is 11.4 Å². The minimum atomic E-state index is -4.46. The van der Waals surface area contributed by atoms with Crippen molar-refractivity contribution in [1.82, 2.24) is 9.55 Å². The predicted molar refractivity (Wildman–Crippen MR) is 69.7 cm³/mol. The van der Waals surface area contributed by atoms with Gasteiger partial charge in [0.05, 0.1) is 12.7 Å². The molecule has 0 aliphatic rings. The van der Waals surface area contributed by atoms with Gasteiger partial charge in [-0.05, 0) is 12.1 Å². The maximum atomic E-state index is 12.7. The Kier molecular flexibility index (Phi) is 3.61. The van der Waals surface area contributed by atoms with Crippen LogP contribution in [-0.4, -0.2) is 23.7 Å². The summed E-state index contributed by atoms with van der Waals surface area (Å²) in [6, 6.07) is 5.13. The minimum Gasteiger partial charge on any atom is -0.496 e. The fourth-order valence-electron chi connectivity index (χ4n) is 1.88. The molecule has 0 spiro atoms. The van der Waals surface area contributed by atoms with Crippen molar-refractivity contribution in [2.45, 2.75) is 6.18 Å². The summed E-state index contributed by atoms with van der Waals surface area (Å²) in [5.74, 6) is 0.663. The molecule has 20 heavy (non-hydrogen) atoms. The maximum Gasteiger partial charge on any atom is 0.434 e. The van der Waals surface area contributed by atoms with Gasteiger partial charge in [-0.15, -0.1) is 0 Å². The average Bonchev–Trinajstić information content (AvgIpc) is 2.80. The molecule has 1 aromatic heterocycles. The first-order chi connectivity index (χ1) is 9.36. The summed E-state index contributed by atoms with van der Waals surface area (Å²) >= 11 is 0. The third-order valence-electron chi connectivity index (χ3n) is 2.90. The molecule has 0 fully saturated rings. The van der Waals surface area contributed by atoms with E-state index in [2.05, 4.69) is 10.3 Å². The Bertz CT molecular complexity index is 620. The molecule has 1 aromatic carbocycles. The summed E-state index contributed by atoms with van der Waals surface area (Å²) in [7, 11) is 4.73. The summed E-state index contributed by atoms with van der Waals surface area (Å²) in [4.78, 5) is 3.65. The summed E-state index contributed by atoms with van der Waals surface area (Å²) in [5.41, 5.74) is 0.384. The highest BCUT2D eigenvalue weighted by atomic mass is 19.4. The second-order valence-corrected chi connectivity index (χ2v) is 4.22. The molecule has 7 heteroatoms. The van der Waals surface area contributed by atoms with Crippen LogP contribution < -0.4 is 10.1 Å². The highest BCUT2D eigenvalue weighted by Crippen LogP contribution is 2.35. The van der Waals surface area contributed by atoms with Gasteiger partial charge in [-0.2, -0.15) is 13.2 Å². The van der Waals surface area contributed by atoms with Gasteiger partial charge >= 0.3 is 6.18 Å². The Balaban J connectivity index is 2.54. The van der Waals surface area contributed by atoms with E-state index in [4.69, 9.17) is 4.74 Å². The van der Waals surface area contributed by atoms with Gasteiger partial charge in [0.25, 0.3) is 0 Å². The van der Waals surface area contributed by atoms with Crippen molar-refractivity contribution in [1.29, 1.82) is 0 Å². The molecule has 4 nitrogen and oxygen atoms in total. The third-order valence-corrected chi connectivity index (χ3v) is 2.90. The quantitative estimate of drug-likeness (QED) is 0.941. The van der Waals surface area contributed by atoms with Crippen LogP contribution in [0.1, 0.15) is 5.69 Å². The Hall–Kier alpha value is -2.18. The van der Waals surface area contributed by atoms with Crippen molar-refractivity contribution in [3.63, 3.8) is 0 Å². The Labute approximate surface area is 114 Å². The number of alkyl halides is 3. The van der Waals surface area contributed by atoms with E-state index >= 15 is 0 Å². The van der Waals surface area contributed by atoms with Crippen LogP contribution in [0, 0.1) is 0 Å². The molecule has 1 N–H and O–H groups in total. The number of methoxy groups -OCH3 is 1. The number of halogens is 3. The second kappa shape index (κ2) is 5.07. The SMILES string of the molecule is CNc1ccc(-c2nc(C(F)(F)F)cn2C)c(OC)c1. The van der Waals surface area contributed by atoms with Crippen LogP contribution in [0.4, 0.5) is 18.9 Å². The van der Waals surface area contributed by atoms with E-state index in [1.54, 1.807) is 25.2 Å². The van der Waals surface area contributed by atoms with Crippen LogP contribution in [0.3, 0.4) is 0 Å². The first-order valence-electron chi connectivity index (χ1n) is 5.83. The molecule has 0 atom stereocenters. The number of anilines is 1. The number of aromatic nitrogens is 2. The lowest BCUT2D eigenvalue weighted by Crippen LogP contribution is -2.05. The van der Waals surface area contributed by atoms with Crippen LogP contribution >= 0.6 is 0 Å². The lowest BCUT2D eigenvalue weighted by Gasteiger charge is -2.10. The van der Waals surface area contributed by atoms with Gasteiger partial charge in [-0.25, -0.2) is 4.98 Å². The molecule has 0 amide bonds. The van der Waals surface area contributed by atoms with Crippen LogP contribution in [0.15, 0.2) is 24.4 Å². The molecule has 0 unspecified atom stereocenters. The fourth-order valence-corrected chi connectivity index (χ4v) is 1.88. The number of benzene rings is 1. The van der Waals surface area contributed by atoms with E-state index in [0.29, 0.717) is 11.3 Å². The molecule has 0 aliphatic heterocycles. The monoisotopic (exact) mass is 285 g/mol. The number of nitrogens with one attached hydrogen (secondary N) is 1. The molecule has 0 saturated heterocycles. The lowest BCUT2D eigenvalue weighted by molar-refractivity contribution is -0.140. The molecule has 0 bridgehead atoms. The normalized spacial score (nSPS) is 11.5. The molecule has 0 radical (unpaired) electrons. The van der Waals surface area contributed by atoms with E-state index in [1.165, 1.54) is 18.7 Å². The molecule has 2 aromatic rings. The summed E-state index contributed by atoms with van der Waals surface area (Å²) < 4.78 is 44.6. The first kappa shape index (κ1) is 14.2. The van der Waals surface area contributed by atoms with Gasteiger partial charge in [0.1, 0.15) is 11.6 Å². The van der Waals surface area contributed by atoms with Gasteiger partial charge < -0.3 is 14.6 Å². The Morgan fingerprint density at radius 2 is 2.00 bits per heavy atom. The van der Waals surface area contributed by atoms with Crippen LogP contribution in [-0.2, 0) is 13.2 Å². The number of rotatable bonds is 3. The third kappa shape index (κ3) is 2.56.